The van der Waals surface area contributed by atoms with Gasteiger partial charge in [-0.3, -0.25) is 4.90 Å². The SMILES string of the molecule is C=C[C@H]1CN2CCc3c([nH]c4ccccc34)[C@H]2C[C@@H]1/C(=C\O)C(=O)OC. The van der Waals surface area contributed by atoms with E-state index < -0.39 is 5.97 Å². The van der Waals surface area contributed by atoms with Crippen molar-refractivity contribution in [3.05, 3.63) is 60.0 Å². The van der Waals surface area contributed by atoms with Gasteiger partial charge in [-0.2, -0.15) is 0 Å². The molecule has 26 heavy (non-hydrogen) atoms. The normalized spacial score (nSPS) is 26.2. The molecule has 0 unspecified atom stereocenters. The number of methoxy groups -OCH3 is 1. The van der Waals surface area contributed by atoms with Crippen molar-refractivity contribution in [2.45, 2.75) is 18.9 Å². The zero-order valence-corrected chi connectivity index (χ0v) is 14.9. The Morgan fingerprint density at radius 1 is 1.42 bits per heavy atom. The number of nitrogens with one attached hydrogen (secondary N) is 1. The monoisotopic (exact) mass is 352 g/mol. The van der Waals surface area contributed by atoms with E-state index in [4.69, 9.17) is 4.74 Å². The van der Waals surface area contributed by atoms with Crippen LogP contribution in [0.2, 0.25) is 0 Å². The number of aromatic amines is 1. The summed E-state index contributed by atoms with van der Waals surface area (Å²) in [4.78, 5) is 18.2. The smallest absolute Gasteiger partial charge is 0.337 e. The minimum Gasteiger partial charge on any atom is -0.515 e. The van der Waals surface area contributed by atoms with E-state index in [0.717, 1.165) is 37.7 Å². The van der Waals surface area contributed by atoms with Gasteiger partial charge < -0.3 is 14.8 Å². The van der Waals surface area contributed by atoms with Crippen molar-refractivity contribution in [2.24, 2.45) is 11.8 Å². The van der Waals surface area contributed by atoms with E-state index in [2.05, 4.69) is 34.7 Å². The molecule has 0 spiro atoms. The predicted molar refractivity (Wildman–Crippen MR) is 101 cm³/mol. The number of piperidine rings is 1. The Balaban J connectivity index is 1.74. The van der Waals surface area contributed by atoms with Crippen molar-refractivity contribution < 1.29 is 14.6 Å². The molecule has 3 heterocycles. The van der Waals surface area contributed by atoms with Crippen molar-refractivity contribution in [3.63, 3.8) is 0 Å². The van der Waals surface area contributed by atoms with Crippen LogP contribution >= 0.6 is 0 Å². The molecule has 4 rings (SSSR count). The number of carbonyl (C=O) groups excluding carboxylic acids is 1. The van der Waals surface area contributed by atoms with Crippen molar-refractivity contribution in [1.82, 2.24) is 9.88 Å². The molecule has 2 aromatic rings. The summed E-state index contributed by atoms with van der Waals surface area (Å²) < 4.78 is 4.88. The number of fused-ring (bicyclic) bond motifs is 5. The number of hydrogen-bond acceptors (Lipinski definition) is 4. The van der Waals surface area contributed by atoms with E-state index in [9.17, 15) is 9.90 Å². The summed E-state index contributed by atoms with van der Waals surface area (Å²) >= 11 is 0. The first kappa shape index (κ1) is 16.9. The number of rotatable bonds is 3. The lowest BCUT2D eigenvalue weighted by Crippen LogP contribution is -2.46. The van der Waals surface area contributed by atoms with Crippen LogP contribution < -0.4 is 0 Å². The average molecular weight is 352 g/mol. The maximum Gasteiger partial charge on any atom is 0.337 e. The fourth-order valence-electron chi connectivity index (χ4n) is 4.68. The van der Waals surface area contributed by atoms with Crippen molar-refractivity contribution in [3.8, 4) is 0 Å². The Bertz CT molecular complexity index is 883. The lowest BCUT2D eigenvalue weighted by atomic mass is 9.75. The Morgan fingerprint density at radius 3 is 2.96 bits per heavy atom. The number of H-pyrrole nitrogens is 1. The third-order valence-corrected chi connectivity index (χ3v) is 5.97. The lowest BCUT2D eigenvalue weighted by molar-refractivity contribution is -0.137. The van der Waals surface area contributed by atoms with Crippen molar-refractivity contribution in [2.75, 3.05) is 20.2 Å². The largest absolute Gasteiger partial charge is 0.515 e. The summed E-state index contributed by atoms with van der Waals surface area (Å²) in [5.74, 6) is -0.469. The number of carbonyl (C=O) groups is 1. The predicted octanol–water partition coefficient (Wildman–Crippen LogP) is 3.50. The summed E-state index contributed by atoms with van der Waals surface area (Å²) in [6.45, 7) is 5.77. The Labute approximate surface area is 153 Å². The molecule has 5 nitrogen and oxygen atoms in total. The molecule has 2 N–H and O–H groups in total. The van der Waals surface area contributed by atoms with E-state index in [1.54, 1.807) is 0 Å². The molecule has 1 aromatic carbocycles. The number of ether oxygens (including phenoxy) is 1. The second kappa shape index (κ2) is 6.65. The van der Waals surface area contributed by atoms with Crippen LogP contribution in [0.3, 0.4) is 0 Å². The second-order valence-electron chi connectivity index (χ2n) is 7.14. The number of aliphatic hydroxyl groups is 1. The maximum atomic E-state index is 12.1. The fourth-order valence-corrected chi connectivity index (χ4v) is 4.68. The molecule has 5 heteroatoms. The van der Waals surface area contributed by atoms with E-state index >= 15 is 0 Å². The molecule has 0 radical (unpaired) electrons. The van der Waals surface area contributed by atoms with Gasteiger partial charge in [0.1, 0.15) is 0 Å². The number of aromatic nitrogens is 1. The number of aliphatic hydroxyl groups excluding tert-OH is 1. The fraction of sp³-hybridized carbons (Fsp3) is 0.381. The first-order chi connectivity index (χ1) is 12.7. The minimum atomic E-state index is -0.467. The van der Waals surface area contributed by atoms with Crippen LogP contribution in [-0.4, -0.2) is 41.2 Å². The standard InChI is InChI=1S/C21H24N2O3/c1-3-13-11-23-9-8-15-14-6-4-5-7-18(14)22-20(15)19(23)10-16(13)17(12-24)21(25)26-2/h3-7,12-13,16,19,22,24H,1,8-11H2,2H3/b17-12+/t13-,16-,19+/m0/s1. The molecule has 1 aromatic heterocycles. The minimum absolute atomic E-state index is 0.106. The molecule has 136 valence electrons. The summed E-state index contributed by atoms with van der Waals surface area (Å²) in [6, 6.07) is 8.60. The summed E-state index contributed by atoms with van der Waals surface area (Å²) in [6.07, 6.45) is 4.58. The molecule has 0 amide bonds. The zero-order valence-electron chi connectivity index (χ0n) is 14.9. The Kier molecular flexibility index (Phi) is 4.32. The van der Waals surface area contributed by atoms with E-state index in [0.29, 0.717) is 5.57 Å². The van der Waals surface area contributed by atoms with E-state index in [1.165, 1.54) is 23.8 Å². The van der Waals surface area contributed by atoms with E-state index in [1.807, 2.05) is 12.1 Å². The van der Waals surface area contributed by atoms with Gasteiger partial charge in [0.25, 0.3) is 0 Å². The van der Waals surface area contributed by atoms with Crippen LogP contribution in [0, 0.1) is 11.8 Å². The van der Waals surface area contributed by atoms with Gasteiger partial charge in [-0.15, -0.1) is 6.58 Å². The summed E-state index contributed by atoms with van der Waals surface area (Å²) in [5, 5.41) is 11.0. The molecule has 1 saturated heterocycles. The highest BCUT2D eigenvalue weighted by Gasteiger charge is 2.42. The van der Waals surface area contributed by atoms with E-state index in [-0.39, 0.29) is 17.9 Å². The zero-order chi connectivity index (χ0) is 18.3. The van der Waals surface area contributed by atoms with Crippen LogP contribution in [0.4, 0.5) is 0 Å². The number of nitrogens with zero attached hydrogens (tertiary/aromatic N) is 1. The number of para-hydroxylation sites is 1. The average Bonchev–Trinajstić information content (AvgIpc) is 3.07. The molecule has 0 bridgehead atoms. The first-order valence-electron chi connectivity index (χ1n) is 9.06. The second-order valence-corrected chi connectivity index (χ2v) is 7.14. The van der Waals surface area contributed by atoms with Gasteiger partial charge in [-0.1, -0.05) is 24.3 Å². The molecule has 2 aliphatic heterocycles. The summed E-state index contributed by atoms with van der Waals surface area (Å²) in [5.41, 5.74) is 4.12. The highest BCUT2D eigenvalue weighted by atomic mass is 16.5. The molecular formula is C21H24N2O3. The first-order valence-corrected chi connectivity index (χ1v) is 9.06. The van der Waals surface area contributed by atoms with Crippen LogP contribution in [0.1, 0.15) is 23.7 Å². The number of hydrogen-bond donors (Lipinski definition) is 2. The molecule has 2 aliphatic rings. The number of benzene rings is 1. The van der Waals surface area contributed by atoms with Gasteiger partial charge in [0.2, 0.25) is 0 Å². The Hall–Kier alpha value is -2.53. The third kappa shape index (κ3) is 2.54. The summed E-state index contributed by atoms with van der Waals surface area (Å²) in [7, 11) is 1.35. The Morgan fingerprint density at radius 2 is 2.23 bits per heavy atom. The van der Waals surface area contributed by atoms with Crippen molar-refractivity contribution in [1.29, 1.82) is 0 Å². The topological polar surface area (TPSA) is 65.6 Å². The van der Waals surface area contributed by atoms with Gasteiger partial charge >= 0.3 is 5.97 Å². The van der Waals surface area contributed by atoms with Gasteiger partial charge in [0, 0.05) is 35.6 Å². The van der Waals surface area contributed by atoms with Gasteiger partial charge in [-0.25, -0.2) is 4.79 Å². The van der Waals surface area contributed by atoms with Crippen LogP contribution in [0.15, 0.2) is 48.8 Å². The van der Waals surface area contributed by atoms with Crippen molar-refractivity contribution >= 4 is 16.9 Å². The number of esters is 1. The highest BCUT2D eigenvalue weighted by Crippen LogP contribution is 2.45. The van der Waals surface area contributed by atoms with Gasteiger partial charge in [-0.05, 0) is 30.4 Å². The quantitative estimate of drug-likeness (QED) is 0.384. The van der Waals surface area contributed by atoms with Gasteiger partial charge in [0.15, 0.2) is 0 Å². The van der Waals surface area contributed by atoms with Crippen LogP contribution in [-0.2, 0) is 16.0 Å². The molecule has 0 aliphatic carbocycles. The maximum absolute atomic E-state index is 12.1. The molecular weight excluding hydrogens is 328 g/mol. The van der Waals surface area contributed by atoms with Crippen LogP contribution in [0.5, 0.6) is 0 Å². The third-order valence-electron chi connectivity index (χ3n) is 5.97. The molecule has 3 atom stereocenters. The van der Waals surface area contributed by atoms with Gasteiger partial charge in [0.05, 0.1) is 25.0 Å². The molecule has 0 saturated carbocycles. The lowest BCUT2D eigenvalue weighted by Gasteiger charge is -2.45. The molecule has 1 fully saturated rings. The highest BCUT2D eigenvalue weighted by molar-refractivity contribution is 5.89. The van der Waals surface area contributed by atoms with Crippen LogP contribution in [0.25, 0.3) is 10.9 Å².